The number of piperidine rings is 1. The molecule has 2 aromatic rings. The van der Waals surface area contributed by atoms with Gasteiger partial charge in [-0.2, -0.15) is 13.2 Å². The third-order valence-corrected chi connectivity index (χ3v) is 7.54. The summed E-state index contributed by atoms with van der Waals surface area (Å²) >= 11 is 1.19. The third-order valence-electron chi connectivity index (χ3n) is 6.51. The molecule has 0 saturated carbocycles. The van der Waals surface area contributed by atoms with Gasteiger partial charge in [0.1, 0.15) is 0 Å². The van der Waals surface area contributed by atoms with Crippen molar-refractivity contribution >= 4 is 17.7 Å². The number of benzene rings is 1. The number of carbonyl (C=O) groups excluding carboxylic acids is 1. The first-order valence-corrected chi connectivity index (χ1v) is 13.0. The van der Waals surface area contributed by atoms with E-state index in [0.29, 0.717) is 17.5 Å². The molecule has 2 fully saturated rings. The van der Waals surface area contributed by atoms with E-state index >= 15 is 0 Å². The Morgan fingerprint density at radius 1 is 0.971 bits per heavy atom. The van der Waals surface area contributed by atoms with Gasteiger partial charge in [-0.3, -0.25) is 14.3 Å². The van der Waals surface area contributed by atoms with Crippen LogP contribution in [0.1, 0.15) is 63.3 Å². The van der Waals surface area contributed by atoms with E-state index in [9.17, 15) is 18.0 Å². The van der Waals surface area contributed by atoms with Crippen molar-refractivity contribution in [3.8, 4) is 5.69 Å². The van der Waals surface area contributed by atoms with Gasteiger partial charge in [0.2, 0.25) is 5.91 Å². The molecule has 1 aromatic carbocycles. The Balaban J connectivity index is 1.65. The lowest BCUT2D eigenvalue weighted by molar-refractivity contribution is -0.137. The van der Waals surface area contributed by atoms with Crippen LogP contribution < -0.4 is 0 Å². The average Bonchev–Trinajstić information content (AvgIpc) is 3.02. The lowest BCUT2D eigenvalue weighted by atomic mass is 10.1. The van der Waals surface area contributed by atoms with Crippen molar-refractivity contribution in [1.29, 1.82) is 0 Å². The normalized spacial score (nSPS) is 19.1. The number of amides is 1. The fourth-order valence-electron chi connectivity index (χ4n) is 4.70. The molecule has 4 rings (SSSR count). The topological polar surface area (TPSA) is 54.3 Å². The molecule has 0 N–H and O–H groups in total. The molecule has 1 unspecified atom stereocenters. The number of alkyl halides is 3. The molecule has 6 nitrogen and oxygen atoms in total. The predicted molar refractivity (Wildman–Crippen MR) is 126 cm³/mol. The van der Waals surface area contributed by atoms with Gasteiger partial charge >= 0.3 is 6.18 Å². The molecular weight excluding hydrogens is 463 g/mol. The van der Waals surface area contributed by atoms with Gasteiger partial charge in [-0.05, 0) is 57.8 Å². The van der Waals surface area contributed by atoms with Crippen molar-refractivity contribution in [3.05, 3.63) is 35.7 Å². The average molecular weight is 496 g/mol. The van der Waals surface area contributed by atoms with Crippen LogP contribution in [-0.2, 0) is 17.5 Å². The maximum absolute atomic E-state index is 13.9. The number of rotatable bonds is 6. The highest BCUT2D eigenvalue weighted by molar-refractivity contribution is 8.00. The number of para-hydroxylation sites is 1. The smallest absolute Gasteiger partial charge is 0.342 e. The number of hydrogen-bond acceptors (Lipinski definition) is 5. The van der Waals surface area contributed by atoms with Crippen LogP contribution in [0.3, 0.4) is 0 Å². The second-order valence-corrected chi connectivity index (χ2v) is 10.4. The zero-order valence-corrected chi connectivity index (χ0v) is 20.4. The van der Waals surface area contributed by atoms with E-state index < -0.39 is 17.0 Å². The summed E-state index contributed by atoms with van der Waals surface area (Å²) in [5.74, 6) is 0.471. The summed E-state index contributed by atoms with van der Waals surface area (Å²) in [6.45, 7) is 5.46. The van der Waals surface area contributed by atoms with Crippen molar-refractivity contribution in [1.82, 2.24) is 24.6 Å². The van der Waals surface area contributed by atoms with E-state index in [1.807, 2.05) is 4.90 Å². The number of hydrogen-bond donors (Lipinski definition) is 0. The zero-order valence-electron chi connectivity index (χ0n) is 19.6. The Morgan fingerprint density at radius 2 is 1.59 bits per heavy atom. The van der Waals surface area contributed by atoms with Crippen LogP contribution in [0, 0.1) is 0 Å². The van der Waals surface area contributed by atoms with Gasteiger partial charge in [-0.25, -0.2) is 0 Å². The van der Waals surface area contributed by atoms with E-state index in [-0.39, 0.29) is 11.6 Å². The molecule has 2 saturated heterocycles. The Bertz CT molecular complexity index is 966. The lowest BCUT2D eigenvalue weighted by Gasteiger charge is -2.26. The minimum atomic E-state index is -4.52. The van der Waals surface area contributed by atoms with Gasteiger partial charge in [0.05, 0.1) is 23.0 Å². The first-order chi connectivity index (χ1) is 16.3. The van der Waals surface area contributed by atoms with E-state index in [4.69, 9.17) is 0 Å². The molecule has 0 aliphatic carbocycles. The SMILES string of the molecule is CC(Sc1nnc(CN2CCCCC2)n1-c1ccccc1C(F)(F)F)C(=O)N1CCCCCC1. The van der Waals surface area contributed by atoms with Gasteiger partial charge in [-0.15, -0.1) is 10.2 Å². The van der Waals surface area contributed by atoms with Crippen LogP contribution in [0.4, 0.5) is 13.2 Å². The lowest BCUT2D eigenvalue weighted by Crippen LogP contribution is -2.37. The van der Waals surface area contributed by atoms with Crippen LogP contribution in [0.2, 0.25) is 0 Å². The highest BCUT2D eigenvalue weighted by atomic mass is 32.2. The number of halogens is 3. The Morgan fingerprint density at radius 3 is 2.26 bits per heavy atom. The maximum atomic E-state index is 13.9. The molecule has 10 heteroatoms. The highest BCUT2D eigenvalue weighted by Gasteiger charge is 2.35. The second-order valence-electron chi connectivity index (χ2n) is 9.09. The molecule has 186 valence electrons. The molecule has 3 heterocycles. The van der Waals surface area contributed by atoms with Crippen molar-refractivity contribution in [2.45, 2.75) is 75.0 Å². The van der Waals surface area contributed by atoms with E-state index in [0.717, 1.165) is 77.2 Å². The summed E-state index contributed by atoms with van der Waals surface area (Å²) in [6.07, 6.45) is 2.99. The van der Waals surface area contributed by atoms with E-state index in [1.54, 1.807) is 13.0 Å². The first-order valence-electron chi connectivity index (χ1n) is 12.1. The molecule has 0 bridgehead atoms. The predicted octanol–water partition coefficient (Wildman–Crippen LogP) is 5.16. The summed E-state index contributed by atoms with van der Waals surface area (Å²) in [7, 11) is 0. The number of likely N-dealkylation sites (tertiary alicyclic amines) is 2. The van der Waals surface area contributed by atoms with Gasteiger partial charge in [0, 0.05) is 13.1 Å². The molecule has 2 aliphatic rings. The van der Waals surface area contributed by atoms with Crippen LogP contribution in [-0.4, -0.2) is 61.9 Å². The minimum Gasteiger partial charge on any atom is -0.342 e. The molecule has 0 radical (unpaired) electrons. The summed E-state index contributed by atoms with van der Waals surface area (Å²) in [5.41, 5.74) is -0.730. The number of thioether (sulfide) groups is 1. The van der Waals surface area contributed by atoms with Crippen LogP contribution in [0.25, 0.3) is 5.69 Å². The third kappa shape index (κ3) is 5.94. The molecule has 34 heavy (non-hydrogen) atoms. The molecule has 0 spiro atoms. The quantitative estimate of drug-likeness (QED) is 0.519. The van der Waals surface area contributed by atoms with E-state index in [2.05, 4.69) is 15.1 Å². The summed E-state index contributed by atoms with van der Waals surface area (Å²) in [5, 5.41) is 8.43. The molecule has 1 amide bonds. The van der Waals surface area contributed by atoms with Crippen molar-refractivity contribution < 1.29 is 18.0 Å². The highest BCUT2D eigenvalue weighted by Crippen LogP contribution is 2.36. The first kappa shape index (κ1) is 25.0. The fourth-order valence-corrected chi connectivity index (χ4v) is 5.67. The second kappa shape index (κ2) is 11.1. The van der Waals surface area contributed by atoms with Gasteiger partial charge in [0.15, 0.2) is 11.0 Å². The van der Waals surface area contributed by atoms with Crippen LogP contribution in [0.5, 0.6) is 0 Å². The summed E-state index contributed by atoms with van der Waals surface area (Å²) < 4.78 is 43.2. The maximum Gasteiger partial charge on any atom is 0.418 e. The molecule has 1 atom stereocenters. The molecule has 2 aliphatic heterocycles. The Hall–Kier alpha value is -2.07. The Labute approximate surface area is 202 Å². The van der Waals surface area contributed by atoms with Gasteiger partial charge < -0.3 is 4.90 Å². The Kier molecular flexibility index (Phi) is 8.18. The molecule has 1 aromatic heterocycles. The van der Waals surface area contributed by atoms with Crippen LogP contribution in [0.15, 0.2) is 29.4 Å². The van der Waals surface area contributed by atoms with Crippen molar-refractivity contribution in [2.75, 3.05) is 26.2 Å². The number of carbonyl (C=O) groups is 1. The monoisotopic (exact) mass is 495 g/mol. The van der Waals surface area contributed by atoms with Gasteiger partial charge in [-0.1, -0.05) is 43.2 Å². The number of nitrogens with zero attached hydrogens (tertiary/aromatic N) is 5. The van der Waals surface area contributed by atoms with Crippen molar-refractivity contribution in [3.63, 3.8) is 0 Å². The van der Waals surface area contributed by atoms with Crippen LogP contribution >= 0.6 is 11.8 Å². The van der Waals surface area contributed by atoms with Gasteiger partial charge in [0.25, 0.3) is 0 Å². The fraction of sp³-hybridized carbons (Fsp3) is 0.625. The number of aromatic nitrogens is 3. The minimum absolute atomic E-state index is 0.00290. The molecular formula is C24H32F3N5OS. The summed E-state index contributed by atoms with van der Waals surface area (Å²) in [4.78, 5) is 17.2. The summed E-state index contributed by atoms with van der Waals surface area (Å²) in [6, 6.07) is 5.52. The standard InChI is InChI=1S/C24H32F3N5OS/c1-18(22(33)31-15-9-2-3-10-16-31)34-23-29-28-21(17-30-13-7-4-8-14-30)32(23)20-12-6-5-11-19(20)24(25,26)27/h5-6,11-12,18H,2-4,7-10,13-17H2,1H3. The largest absolute Gasteiger partial charge is 0.418 e. The van der Waals surface area contributed by atoms with Crippen molar-refractivity contribution in [2.24, 2.45) is 0 Å². The zero-order chi connectivity index (χ0) is 24.1. The van der Waals surface area contributed by atoms with E-state index in [1.165, 1.54) is 28.5 Å².